The summed E-state index contributed by atoms with van der Waals surface area (Å²) < 4.78 is 0. The largest absolute Gasteiger partial charge is 0.412 e. The van der Waals surface area contributed by atoms with Gasteiger partial charge in [0.2, 0.25) is 0 Å². The second-order valence-corrected chi connectivity index (χ2v) is 9.40. The molecular weight excluding hydrogens is 454 g/mol. The molecule has 2 heterocycles. The maximum absolute atomic E-state index is 5.24. The normalized spacial score (nSPS) is 14.0. The number of thioether (sulfide) groups is 2. The molecule has 2 aliphatic heterocycles. The van der Waals surface area contributed by atoms with Crippen LogP contribution in [0.2, 0.25) is 0 Å². The van der Waals surface area contributed by atoms with Crippen LogP contribution in [0.4, 0.5) is 11.4 Å². The smallest absolute Gasteiger partial charge is 0.149 e. The Balaban J connectivity index is 1.41. The summed E-state index contributed by atoms with van der Waals surface area (Å²) in [5.74, 6) is 11.7. The monoisotopic (exact) mass is 471 g/mol. The first-order valence-corrected chi connectivity index (χ1v) is 11.7. The third-order valence-electron chi connectivity index (χ3n) is 5.41. The highest BCUT2D eigenvalue weighted by Gasteiger charge is 2.24. The summed E-state index contributed by atoms with van der Waals surface area (Å²) in [5.41, 5.74) is 6.13. The molecule has 0 unspecified atom stereocenters. The Hall–Kier alpha value is -3.34. The number of nitrogens with two attached hydrogens (primary N) is 2. The Labute approximate surface area is 197 Å². The minimum Gasteiger partial charge on any atom is -0.412 e. The average Bonchev–Trinajstić information content (AvgIpc) is 2.87. The fourth-order valence-corrected chi connectivity index (χ4v) is 5.99. The molecule has 9 heteroatoms. The maximum atomic E-state index is 5.24. The van der Waals surface area contributed by atoms with Crippen LogP contribution in [0.1, 0.15) is 11.1 Å². The second kappa shape index (κ2) is 8.22. The Kier molecular flexibility index (Phi) is 5.05. The van der Waals surface area contributed by atoms with Gasteiger partial charge >= 0.3 is 0 Å². The molecule has 0 fully saturated rings. The van der Waals surface area contributed by atoms with Crippen LogP contribution in [0.5, 0.6) is 11.5 Å². The van der Waals surface area contributed by atoms with Crippen molar-refractivity contribution in [1.29, 1.82) is 0 Å². The third kappa shape index (κ3) is 3.56. The van der Waals surface area contributed by atoms with E-state index in [-0.39, 0.29) is 0 Å². The van der Waals surface area contributed by atoms with Crippen LogP contribution in [-0.4, -0.2) is 10.1 Å². The molecule has 0 saturated heterocycles. The molecule has 6 rings (SSSR count). The van der Waals surface area contributed by atoms with Gasteiger partial charge in [-0.15, -0.1) is 0 Å². The lowest BCUT2D eigenvalue weighted by atomic mass is 10.1. The van der Waals surface area contributed by atoms with Gasteiger partial charge in [0.25, 0.3) is 0 Å². The predicted octanol–water partition coefficient (Wildman–Crippen LogP) is 5.22. The van der Waals surface area contributed by atoms with Gasteiger partial charge in [0.1, 0.15) is 21.6 Å². The van der Waals surface area contributed by atoms with Crippen molar-refractivity contribution in [3.05, 3.63) is 83.9 Å². The van der Waals surface area contributed by atoms with Crippen LogP contribution in [0.25, 0.3) is 10.8 Å². The highest BCUT2D eigenvalue weighted by Crippen LogP contribution is 2.50. The van der Waals surface area contributed by atoms with Gasteiger partial charge in [-0.1, -0.05) is 29.1 Å². The first kappa shape index (κ1) is 20.3. The number of rotatable bonds is 5. The van der Waals surface area contributed by atoms with Crippen LogP contribution < -0.4 is 27.0 Å². The summed E-state index contributed by atoms with van der Waals surface area (Å²) in [6, 6.07) is 23.7. The molecule has 5 N–H and O–H groups in total. The summed E-state index contributed by atoms with van der Waals surface area (Å²) in [6.45, 7) is 0. The van der Waals surface area contributed by atoms with Crippen molar-refractivity contribution in [3.63, 3.8) is 0 Å². The molecule has 4 aromatic rings. The lowest BCUT2D eigenvalue weighted by Crippen LogP contribution is -2.25. The molecule has 0 amide bonds. The number of nitrogens with zero attached hydrogens (tertiary/aromatic N) is 2. The first-order chi connectivity index (χ1) is 16.2. The average molecular weight is 472 g/mol. The van der Waals surface area contributed by atoms with Crippen molar-refractivity contribution in [2.45, 2.75) is 9.79 Å². The Morgan fingerprint density at radius 3 is 1.58 bits per heavy atom. The molecule has 7 nitrogen and oxygen atoms in total. The number of hydrazine groups is 1. The van der Waals surface area contributed by atoms with E-state index in [1.165, 1.54) is 9.79 Å². The summed E-state index contributed by atoms with van der Waals surface area (Å²) >= 11 is 3.32. The topological polar surface area (TPSA) is 107 Å². The van der Waals surface area contributed by atoms with E-state index < -0.39 is 0 Å². The molecule has 0 bridgehead atoms. The molecule has 0 aromatic heterocycles. The van der Waals surface area contributed by atoms with E-state index in [1.54, 1.807) is 23.5 Å². The second-order valence-electron chi connectivity index (χ2n) is 7.34. The predicted molar refractivity (Wildman–Crippen MR) is 134 cm³/mol. The zero-order chi connectivity index (χ0) is 22.4. The molecule has 0 aliphatic carbocycles. The van der Waals surface area contributed by atoms with Crippen LogP contribution in [0.3, 0.4) is 0 Å². The Bertz CT molecular complexity index is 1450. The first-order valence-electron chi connectivity index (χ1n) is 10.1. The molecule has 0 saturated carbocycles. The fourth-order valence-electron chi connectivity index (χ4n) is 3.88. The summed E-state index contributed by atoms with van der Waals surface area (Å²) in [5, 5.41) is 4.17. The molecule has 2 aliphatic rings. The van der Waals surface area contributed by atoms with Gasteiger partial charge in [-0.25, -0.2) is 15.8 Å². The standard InChI is InChI=1S/C24H17N5O2S2/c25-29-31-16-7-3-14(4-8-16)24-28-18-10-11-19-21-17(9-12-20(33-24)22(18)21)27-23(32-19)13-1-5-15(30-26)6-2-13/h1-12,29H,25-26H2. The lowest BCUT2D eigenvalue weighted by molar-refractivity contribution is 0.199. The fraction of sp³-hybridized carbons (Fsp3) is 0. The maximum Gasteiger partial charge on any atom is 0.149 e. The van der Waals surface area contributed by atoms with Crippen molar-refractivity contribution in [1.82, 2.24) is 5.59 Å². The molecule has 0 atom stereocenters. The molecular formula is C24H17N5O2S2. The van der Waals surface area contributed by atoms with Crippen molar-refractivity contribution in [2.75, 3.05) is 0 Å². The minimum atomic E-state index is 0.614. The van der Waals surface area contributed by atoms with Crippen molar-refractivity contribution in [2.24, 2.45) is 21.7 Å². The SMILES string of the molecule is NNOc1ccc(C2=Nc3ccc4c5c(ccc(c35)S2)N=C(c2ccc(ON)cc2)S4)cc1. The number of hydrogen-bond acceptors (Lipinski definition) is 9. The summed E-state index contributed by atoms with van der Waals surface area (Å²) in [7, 11) is 0. The van der Waals surface area contributed by atoms with E-state index in [1.807, 2.05) is 48.5 Å². The summed E-state index contributed by atoms with van der Waals surface area (Å²) in [6.07, 6.45) is 0. The number of nitrogens with one attached hydrogen (secondary N) is 1. The van der Waals surface area contributed by atoms with Gasteiger partial charge < -0.3 is 9.68 Å². The van der Waals surface area contributed by atoms with E-state index in [0.29, 0.717) is 11.5 Å². The van der Waals surface area contributed by atoms with E-state index in [4.69, 9.17) is 31.4 Å². The van der Waals surface area contributed by atoms with Gasteiger partial charge in [0.05, 0.1) is 11.4 Å². The highest BCUT2D eigenvalue weighted by molar-refractivity contribution is 8.15. The minimum absolute atomic E-state index is 0.614. The van der Waals surface area contributed by atoms with Crippen LogP contribution in [-0.2, 0) is 0 Å². The van der Waals surface area contributed by atoms with Crippen LogP contribution >= 0.6 is 23.5 Å². The molecule has 0 spiro atoms. The van der Waals surface area contributed by atoms with Crippen molar-refractivity contribution >= 4 is 55.8 Å². The molecule has 4 aromatic carbocycles. The lowest BCUT2D eigenvalue weighted by Gasteiger charge is -2.22. The van der Waals surface area contributed by atoms with Crippen molar-refractivity contribution < 1.29 is 9.68 Å². The van der Waals surface area contributed by atoms with Gasteiger partial charge in [0, 0.05) is 31.7 Å². The van der Waals surface area contributed by atoms with Crippen LogP contribution in [0.15, 0.2) is 92.6 Å². The number of benzene rings is 4. The molecule has 33 heavy (non-hydrogen) atoms. The molecule has 0 radical (unpaired) electrons. The Morgan fingerprint density at radius 2 is 1.12 bits per heavy atom. The van der Waals surface area contributed by atoms with Gasteiger partial charge in [-0.2, -0.15) is 5.90 Å². The summed E-state index contributed by atoms with van der Waals surface area (Å²) in [4.78, 5) is 22.1. The number of hydrogen-bond donors (Lipinski definition) is 3. The zero-order valence-electron chi connectivity index (χ0n) is 17.1. The van der Waals surface area contributed by atoms with Crippen LogP contribution in [0, 0.1) is 0 Å². The number of aliphatic imine (C=N–C) groups is 2. The Morgan fingerprint density at radius 1 is 0.636 bits per heavy atom. The van der Waals surface area contributed by atoms with Gasteiger partial charge in [-0.05, 0) is 72.8 Å². The quantitative estimate of drug-likeness (QED) is 0.271. The highest BCUT2D eigenvalue weighted by atomic mass is 32.2. The van der Waals surface area contributed by atoms with E-state index >= 15 is 0 Å². The van der Waals surface area contributed by atoms with E-state index in [9.17, 15) is 0 Å². The third-order valence-corrected chi connectivity index (χ3v) is 7.57. The van der Waals surface area contributed by atoms with Crippen molar-refractivity contribution in [3.8, 4) is 11.5 Å². The van der Waals surface area contributed by atoms with Gasteiger partial charge in [-0.3, -0.25) is 0 Å². The van der Waals surface area contributed by atoms with E-state index in [2.05, 4.69) is 29.9 Å². The van der Waals surface area contributed by atoms with Gasteiger partial charge in [0.15, 0.2) is 0 Å². The molecule has 162 valence electrons. The van der Waals surface area contributed by atoms with E-state index in [0.717, 1.165) is 43.4 Å². The zero-order valence-corrected chi connectivity index (χ0v) is 18.7.